The summed E-state index contributed by atoms with van der Waals surface area (Å²) in [6, 6.07) is 10.1. The second-order valence-corrected chi connectivity index (χ2v) is 9.64. The summed E-state index contributed by atoms with van der Waals surface area (Å²) in [7, 11) is -1.12. The zero-order valence-corrected chi connectivity index (χ0v) is 14.5. The van der Waals surface area contributed by atoms with Crippen LogP contribution < -0.4 is 0 Å². The van der Waals surface area contributed by atoms with Gasteiger partial charge in [0.2, 0.25) is 0 Å². The van der Waals surface area contributed by atoms with Crippen molar-refractivity contribution in [1.29, 1.82) is 0 Å². The van der Waals surface area contributed by atoms with Crippen LogP contribution in [0.5, 0.6) is 0 Å². The molecule has 0 aromatic heterocycles. The standard InChI is InChI=1S/C16H28O3Si/c1-16(2,3)19-12-14(17)15(20(4)5)18-11-13-9-7-6-8-10-13/h6-10,14-15,17,20H,11-12H2,1-5H3. The smallest absolute Gasteiger partial charge is 0.100 e. The fraction of sp³-hybridized carbons (Fsp3) is 0.625. The second kappa shape index (κ2) is 7.93. The average Bonchev–Trinajstić information content (AvgIpc) is 2.36. The molecule has 0 aliphatic heterocycles. The number of hydrogen-bond acceptors (Lipinski definition) is 3. The molecule has 1 N–H and O–H groups in total. The molecule has 2 atom stereocenters. The van der Waals surface area contributed by atoms with Gasteiger partial charge >= 0.3 is 0 Å². The Morgan fingerprint density at radius 1 is 1.15 bits per heavy atom. The minimum absolute atomic E-state index is 0.0856. The Bertz CT molecular complexity index is 373. The van der Waals surface area contributed by atoms with Crippen molar-refractivity contribution in [1.82, 2.24) is 0 Å². The van der Waals surface area contributed by atoms with Gasteiger partial charge in [-0.15, -0.1) is 0 Å². The molecule has 0 aliphatic rings. The molecular formula is C16H28O3Si. The first kappa shape index (κ1) is 17.4. The van der Waals surface area contributed by atoms with E-state index in [1.165, 1.54) is 0 Å². The maximum atomic E-state index is 10.3. The molecule has 0 saturated heterocycles. The fourth-order valence-electron chi connectivity index (χ4n) is 1.94. The normalized spacial score (nSPS) is 15.3. The molecule has 0 radical (unpaired) electrons. The van der Waals surface area contributed by atoms with E-state index in [0.29, 0.717) is 13.2 Å². The van der Waals surface area contributed by atoms with Gasteiger partial charge in [0.05, 0.1) is 33.3 Å². The van der Waals surface area contributed by atoms with Gasteiger partial charge in [-0.25, -0.2) is 0 Å². The van der Waals surface area contributed by atoms with Crippen LogP contribution in [-0.4, -0.2) is 37.9 Å². The molecule has 0 saturated carbocycles. The van der Waals surface area contributed by atoms with Crippen molar-refractivity contribution < 1.29 is 14.6 Å². The molecule has 0 bridgehead atoms. The first-order chi connectivity index (χ1) is 9.29. The first-order valence-electron chi connectivity index (χ1n) is 7.27. The molecule has 20 heavy (non-hydrogen) atoms. The van der Waals surface area contributed by atoms with Crippen LogP contribution in [0.4, 0.5) is 0 Å². The third-order valence-corrected chi connectivity index (χ3v) is 4.96. The molecular weight excluding hydrogens is 268 g/mol. The van der Waals surface area contributed by atoms with E-state index in [4.69, 9.17) is 9.47 Å². The van der Waals surface area contributed by atoms with Gasteiger partial charge in [-0.1, -0.05) is 43.4 Å². The Labute approximate surface area is 124 Å². The predicted octanol–water partition coefficient (Wildman–Crippen LogP) is 2.77. The average molecular weight is 296 g/mol. The first-order valence-corrected chi connectivity index (χ1v) is 10.2. The van der Waals surface area contributed by atoms with Gasteiger partial charge in [-0.2, -0.15) is 0 Å². The van der Waals surface area contributed by atoms with Crippen LogP contribution in [0, 0.1) is 0 Å². The Kier molecular flexibility index (Phi) is 6.89. The third-order valence-electron chi connectivity index (χ3n) is 3.01. The molecule has 3 nitrogen and oxygen atoms in total. The quantitative estimate of drug-likeness (QED) is 0.786. The molecule has 4 heteroatoms. The second-order valence-electron chi connectivity index (χ2n) is 6.50. The van der Waals surface area contributed by atoms with Gasteiger partial charge in [0, 0.05) is 0 Å². The maximum absolute atomic E-state index is 10.3. The van der Waals surface area contributed by atoms with Gasteiger partial charge in [0.1, 0.15) is 6.10 Å². The Balaban J connectivity index is 2.51. The minimum Gasteiger partial charge on any atom is -0.388 e. The van der Waals surface area contributed by atoms with Crippen LogP contribution in [0.3, 0.4) is 0 Å². The van der Waals surface area contributed by atoms with Crippen LogP contribution in [0.1, 0.15) is 26.3 Å². The van der Waals surface area contributed by atoms with Crippen molar-refractivity contribution in [3.8, 4) is 0 Å². The van der Waals surface area contributed by atoms with E-state index < -0.39 is 14.9 Å². The molecule has 2 unspecified atom stereocenters. The summed E-state index contributed by atoms with van der Waals surface area (Å²) in [5.41, 5.74) is 0.817. The zero-order chi connectivity index (χ0) is 15.2. The van der Waals surface area contributed by atoms with Crippen LogP contribution in [0.2, 0.25) is 13.1 Å². The number of benzene rings is 1. The van der Waals surface area contributed by atoms with Gasteiger partial charge in [-0.05, 0) is 26.3 Å². The van der Waals surface area contributed by atoms with E-state index in [9.17, 15) is 5.11 Å². The van der Waals surface area contributed by atoms with Crippen molar-refractivity contribution in [2.24, 2.45) is 0 Å². The van der Waals surface area contributed by atoms with Crippen LogP contribution in [-0.2, 0) is 16.1 Å². The van der Waals surface area contributed by atoms with E-state index in [-0.39, 0.29) is 11.3 Å². The summed E-state index contributed by atoms with van der Waals surface area (Å²) in [6.07, 6.45) is -0.551. The summed E-state index contributed by atoms with van der Waals surface area (Å²) >= 11 is 0. The van der Waals surface area contributed by atoms with E-state index in [2.05, 4.69) is 13.1 Å². The van der Waals surface area contributed by atoms with E-state index in [1.807, 2.05) is 51.1 Å². The lowest BCUT2D eigenvalue weighted by Gasteiger charge is -2.29. The van der Waals surface area contributed by atoms with Crippen LogP contribution in [0.25, 0.3) is 0 Å². The SMILES string of the molecule is C[SiH](C)C(OCc1ccccc1)C(O)COC(C)(C)C. The van der Waals surface area contributed by atoms with E-state index >= 15 is 0 Å². The molecule has 114 valence electrons. The summed E-state index contributed by atoms with van der Waals surface area (Å²) in [6.45, 7) is 11.2. The summed E-state index contributed by atoms with van der Waals surface area (Å²) in [5.74, 6) is 0. The Morgan fingerprint density at radius 3 is 2.25 bits per heavy atom. The van der Waals surface area contributed by atoms with E-state index in [1.54, 1.807) is 0 Å². The van der Waals surface area contributed by atoms with Crippen molar-refractivity contribution in [3.63, 3.8) is 0 Å². The van der Waals surface area contributed by atoms with Crippen molar-refractivity contribution in [2.45, 2.75) is 57.9 Å². The molecule has 0 aliphatic carbocycles. The molecule has 1 aromatic carbocycles. The highest BCUT2D eigenvalue weighted by atomic mass is 28.3. The van der Waals surface area contributed by atoms with E-state index in [0.717, 1.165) is 5.56 Å². The number of ether oxygens (including phenoxy) is 2. The molecule has 1 aromatic rings. The maximum Gasteiger partial charge on any atom is 0.100 e. The lowest BCUT2D eigenvalue weighted by Crippen LogP contribution is -2.43. The molecule has 0 amide bonds. The number of rotatable bonds is 7. The monoisotopic (exact) mass is 296 g/mol. The lowest BCUT2D eigenvalue weighted by atomic mass is 10.2. The van der Waals surface area contributed by atoms with Gasteiger partial charge < -0.3 is 14.6 Å². The third kappa shape index (κ3) is 6.66. The highest BCUT2D eigenvalue weighted by Gasteiger charge is 2.26. The minimum atomic E-state index is -1.12. The van der Waals surface area contributed by atoms with Crippen LogP contribution in [0.15, 0.2) is 30.3 Å². The molecule has 1 rings (SSSR count). The van der Waals surface area contributed by atoms with Gasteiger partial charge in [0.15, 0.2) is 0 Å². The van der Waals surface area contributed by atoms with Crippen molar-refractivity contribution in [3.05, 3.63) is 35.9 Å². The fourth-order valence-corrected chi connectivity index (χ4v) is 3.43. The molecule has 0 fully saturated rings. The topological polar surface area (TPSA) is 38.7 Å². The largest absolute Gasteiger partial charge is 0.388 e. The highest BCUT2D eigenvalue weighted by Crippen LogP contribution is 2.13. The summed E-state index contributed by atoms with van der Waals surface area (Å²) in [4.78, 5) is 0. The summed E-state index contributed by atoms with van der Waals surface area (Å²) in [5, 5.41) is 10.3. The molecule has 0 heterocycles. The van der Waals surface area contributed by atoms with Crippen molar-refractivity contribution >= 4 is 8.80 Å². The Morgan fingerprint density at radius 2 is 1.75 bits per heavy atom. The number of aliphatic hydroxyl groups is 1. The number of aliphatic hydroxyl groups excluding tert-OH is 1. The van der Waals surface area contributed by atoms with Crippen LogP contribution >= 0.6 is 0 Å². The number of hydrogen-bond donors (Lipinski definition) is 1. The Hall–Kier alpha value is -0.683. The molecule has 0 spiro atoms. The zero-order valence-electron chi connectivity index (χ0n) is 13.3. The van der Waals surface area contributed by atoms with Gasteiger partial charge in [-0.3, -0.25) is 0 Å². The predicted molar refractivity (Wildman–Crippen MR) is 85.6 cm³/mol. The summed E-state index contributed by atoms with van der Waals surface area (Å²) < 4.78 is 11.6. The van der Waals surface area contributed by atoms with Gasteiger partial charge in [0.25, 0.3) is 0 Å². The van der Waals surface area contributed by atoms with Crippen molar-refractivity contribution in [2.75, 3.05) is 6.61 Å². The highest BCUT2D eigenvalue weighted by molar-refractivity contribution is 6.57. The lowest BCUT2D eigenvalue weighted by molar-refractivity contribution is -0.0862.